The molecule has 0 bridgehead atoms. The standard InChI is InChI=1S/C6H16OSi2/c1-9(2,3)7-5-4-6-8/h4,6H,5H2,1-3,8H3. The summed E-state index contributed by atoms with van der Waals surface area (Å²) in [4.78, 5) is 0. The molecule has 0 aromatic heterocycles. The van der Waals surface area contributed by atoms with Crippen LogP contribution in [0.1, 0.15) is 0 Å². The van der Waals surface area contributed by atoms with Crippen molar-refractivity contribution in [3.8, 4) is 0 Å². The van der Waals surface area contributed by atoms with Crippen molar-refractivity contribution in [1.82, 2.24) is 0 Å². The lowest BCUT2D eigenvalue weighted by molar-refractivity contribution is 0.357. The van der Waals surface area contributed by atoms with E-state index in [1.165, 1.54) is 0 Å². The van der Waals surface area contributed by atoms with E-state index in [4.69, 9.17) is 4.43 Å². The van der Waals surface area contributed by atoms with Gasteiger partial charge in [-0.2, -0.15) is 0 Å². The van der Waals surface area contributed by atoms with Gasteiger partial charge in [-0.1, -0.05) is 6.08 Å². The summed E-state index contributed by atoms with van der Waals surface area (Å²) in [5.41, 5.74) is 2.15. The van der Waals surface area contributed by atoms with Crippen LogP contribution >= 0.6 is 0 Å². The summed E-state index contributed by atoms with van der Waals surface area (Å²) in [6.45, 7) is 7.43. The molecule has 0 N–H and O–H groups in total. The molecule has 0 fully saturated rings. The summed E-state index contributed by atoms with van der Waals surface area (Å²) in [6.07, 6.45) is 2.10. The highest BCUT2D eigenvalue weighted by Crippen LogP contribution is 2.01. The predicted molar refractivity (Wildman–Crippen MR) is 48.4 cm³/mol. The van der Waals surface area contributed by atoms with E-state index in [0.717, 1.165) is 16.8 Å². The third-order valence-corrected chi connectivity index (χ3v) is 2.35. The monoisotopic (exact) mass is 160 g/mol. The first-order chi connectivity index (χ1) is 4.06. The first-order valence-electron chi connectivity index (χ1n) is 3.31. The van der Waals surface area contributed by atoms with Crippen molar-refractivity contribution in [2.75, 3.05) is 6.61 Å². The predicted octanol–water partition coefficient (Wildman–Crippen LogP) is 0.717. The van der Waals surface area contributed by atoms with E-state index in [9.17, 15) is 0 Å². The maximum absolute atomic E-state index is 5.54. The lowest BCUT2D eigenvalue weighted by Crippen LogP contribution is -2.25. The molecule has 0 atom stereocenters. The Balaban J connectivity index is 3.28. The Labute approximate surface area is 61.7 Å². The van der Waals surface area contributed by atoms with Crippen LogP contribution in [0.15, 0.2) is 11.8 Å². The van der Waals surface area contributed by atoms with Gasteiger partial charge in [0.15, 0.2) is 8.32 Å². The molecule has 0 heterocycles. The second kappa shape index (κ2) is 4.03. The lowest BCUT2D eigenvalue weighted by Gasteiger charge is -2.14. The Morgan fingerprint density at radius 2 is 2.00 bits per heavy atom. The van der Waals surface area contributed by atoms with E-state index in [0.29, 0.717) is 0 Å². The van der Waals surface area contributed by atoms with Gasteiger partial charge in [0.2, 0.25) is 0 Å². The minimum Gasteiger partial charge on any atom is -0.414 e. The molecule has 54 valence electrons. The molecule has 0 amide bonds. The highest BCUT2D eigenvalue weighted by molar-refractivity contribution is 6.69. The van der Waals surface area contributed by atoms with Crippen molar-refractivity contribution in [2.45, 2.75) is 19.6 Å². The molecule has 0 radical (unpaired) electrons. The highest BCUT2D eigenvalue weighted by Gasteiger charge is 2.11. The maximum atomic E-state index is 5.54. The van der Waals surface area contributed by atoms with E-state index in [1.54, 1.807) is 0 Å². The van der Waals surface area contributed by atoms with Crippen molar-refractivity contribution < 1.29 is 4.43 Å². The Bertz CT molecular complexity index is 93.7. The van der Waals surface area contributed by atoms with Crippen LogP contribution in [0.4, 0.5) is 0 Å². The van der Waals surface area contributed by atoms with E-state index in [2.05, 4.69) is 31.4 Å². The topological polar surface area (TPSA) is 9.23 Å². The molecule has 0 saturated heterocycles. The van der Waals surface area contributed by atoms with Gasteiger partial charge in [0, 0.05) is 10.2 Å². The Morgan fingerprint density at radius 3 is 2.33 bits per heavy atom. The maximum Gasteiger partial charge on any atom is 0.184 e. The molecule has 1 nitrogen and oxygen atoms in total. The second-order valence-corrected chi connectivity index (χ2v) is 8.17. The summed E-state index contributed by atoms with van der Waals surface area (Å²) in [5, 5.41) is 0. The summed E-state index contributed by atoms with van der Waals surface area (Å²) < 4.78 is 5.54. The zero-order valence-corrected chi connectivity index (χ0v) is 9.77. The fourth-order valence-electron chi connectivity index (χ4n) is 0.394. The summed E-state index contributed by atoms with van der Waals surface area (Å²) in [5.74, 6) is 0. The molecule has 0 aliphatic rings. The molecule has 0 unspecified atom stereocenters. The molecule has 0 saturated carbocycles. The number of rotatable bonds is 3. The molecule has 0 rings (SSSR count). The fraction of sp³-hybridized carbons (Fsp3) is 0.667. The largest absolute Gasteiger partial charge is 0.414 e. The van der Waals surface area contributed by atoms with Crippen LogP contribution < -0.4 is 0 Å². The summed E-state index contributed by atoms with van der Waals surface area (Å²) in [6, 6.07) is 0. The van der Waals surface area contributed by atoms with Gasteiger partial charge in [-0.05, 0) is 19.6 Å². The van der Waals surface area contributed by atoms with Crippen molar-refractivity contribution in [3.63, 3.8) is 0 Å². The second-order valence-electron chi connectivity index (χ2n) is 2.99. The molecule has 3 heteroatoms. The van der Waals surface area contributed by atoms with Crippen LogP contribution in [0.2, 0.25) is 19.6 Å². The van der Waals surface area contributed by atoms with Crippen molar-refractivity contribution in [2.24, 2.45) is 0 Å². The minimum absolute atomic E-state index is 0.819. The van der Waals surface area contributed by atoms with Gasteiger partial charge in [-0.3, -0.25) is 0 Å². The quantitative estimate of drug-likeness (QED) is 0.553. The fourth-order valence-corrected chi connectivity index (χ4v) is 1.18. The van der Waals surface area contributed by atoms with Crippen molar-refractivity contribution >= 4 is 18.6 Å². The zero-order chi connectivity index (χ0) is 7.33. The van der Waals surface area contributed by atoms with Crippen LogP contribution in [0, 0.1) is 0 Å². The molecule has 0 aromatic carbocycles. The molecule has 0 aliphatic carbocycles. The first kappa shape index (κ1) is 9.13. The zero-order valence-electron chi connectivity index (χ0n) is 6.77. The van der Waals surface area contributed by atoms with Gasteiger partial charge in [-0.15, -0.1) is 5.70 Å². The molecule has 0 aliphatic heterocycles. The van der Waals surface area contributed by atoms with Crippen molar-refractivity contribution in [3.05, 3.63) is 11.8 Å². The SMILES string of the molecule is C[Si](C)(C)OCC=C[SiH3]. The van der Waals surface area contributed by atoms with Crippen LogP contribution in [0.3, 0.4) is 0 Å². The van der Waals surface area contributed by atoms with Crippen LogP contribution in [-0.4, -0.2) is 25.2 Å². The minimum atomic E-state index is -1.23. The van der Waals surface area contributed by atoms with E-state index in [1.807, 2.05) is 0 Å². The number of hydrogen-bond donors (Lipinski definition) is 0. The Hall–Kier alpha value is 0.134. The van der Waals surface area contributed by atoms with Crippen LogP contribution in [0.25, 0.3) is 0 Å². The Kier molecular flexibility index (Phi) is 4.09. The van der Waals surface area contributed by atoms with E-state index in [-0.39, 0.29) is 0 Å². The van der Waals surface area contributed by atoms with Crippen LogP contribution in [-0.2, 0) is 4.43 Å². The van der Waals surface area contributed by atoms with E-state index >= 15 is 0 Å². The molecule has 9 heavy (non-hydrogen) atoms. The lowest BCUT2D eigenvalue weighted by atomic mass is 10.7. The van der Waals surface area contributed by atoms with Gasteiger partial charge in [0.25, 0.3) is 0 Å². The molecular weight excluding hydrogens is 144 g/mol. The third-order valence-electron chi connectivity index (χ3n) is 0.848. The normalized spacial score (nSPS) is 13.2. The van der Waals surface area contributed by atoms with Crippen molar-refractivity contribution in [1.29, 1.82) is 0 Å². The smallest absolute Gasteiger partial charge is 0.184 e. The molecule has 0 spiro atoms. The highest BCUT2D eigenvalue weighted by atomic mass is 28.4. The van der Waals surface area contributed by atoms with Gasteiger partial charge in [-0.25, -0.2) is 0 Å². The van der Waals surface area contributed by atoms with Gasteiger partial charge in [0.05, 0.1) is 6.61 Å². The summed E-state index contributed by atoms with van der Waals surface area (Å²) in [7, 11) is -0.0853. The number of hydrogen-bond acceptors (Lipinski definition) is 1. The van der Waals surface area contributed by atoms with E-state index < -0.39 is 8.32 Å². The van der Waals surface area contributed by atoms with Gasteiger partial charge in [0.1, 0.15) is 0 Å². The first-order valence-corrected chi connectivity index (χ1v) is 7.87. The van der Waals surface area contributed by atoms with Gasteiger partial charge < -0.3 is 4.43 Å². The summed E-state index contributed by atoms with van der Waals surface area (Å²) >= 11 is 0. The average Bonchev–Trinajstić information content (AvgIpc) is 1.63. The average molecular weight is 160 g/mol. The molecular formula is C6H16OSi2. The third kappa shape index (κ3) is 8.13. The van der Waals surface area contributed by atoms with Gasteiger partial charge >= 0.3 is 0 Å². The Morgan fingerprint density at radius 1 is 1.44 bits per heavy atom. The van der Waals surface area contributed by atoms with Crippen LogP contribution in [0.5, 0.6) is 0 Å². The molecule has 0 aromatic rings.